The number of nitrogens with one attached hydrogen (secondary N) is 1. The zero-order valence-corrected chi connectivity index (χ0v) is 13.2. The lowest BCUT2D eigenvalue weighted by Gasteiger charge is -2.20. The summed E-state index contributed by atoms with van der Waals surface area (Å²) in [6.45, 7) is 10.2. The van der Waals surface area contributed by atoms with Gasteiger partial charge < -0.3 is 10.1 Å². The van der Waals surface area contributed by atoms with Gasteiger partial charge in [0.1, 0.15) is 0 Å². The van der Waals surface area contributed by atoms with Crippen molar-refractivity contribution in [3.63, 3.8) is 0 Å². The first-order valence-electron chi connectivity index (χ1n) is 7.31. The van der Waals surface area contributed by atoms with E-state index in [4.69, 9.17) is 4.74 Å². The number of benzene rings is 1. The minimum Gasteiger partial charge on any atom is -0.462 e. The first kappa shape index (κ1) is 17.2. The molecule has 1 rings (SSSR count). The molecule has 0 aliphatic rings. The number of ether oxygens (including phenoxy) is 1. The van der Waals surface area contributed by atoms with Gasteiger partial charge in [-0.15, -0.1) is 0 Å². The van der Waals surface area contributed by atoms with Crippen LogP contribution >= 0.6 is 0 Å². The Balaban J connectivity index is 3.09. The predicted molar refractivity (Wildman–Crippen MR) is 83.3 cm³/mol. The maximum atomic E-state index is 11.8. The van der Waals surface area contributed by atoms with Gasteiger partial charge in [-0.05, 0) is 43.8 Å². The molecule has 1 aromatic carbocycles. The second kappa shape index (κ2) is 8.42. The number of hydrogen-bond acceptors (Lipinski definition) is 4. The van der Waals surface area contributed by atoms with E-state index in [9.17, 15) is 9.59 Å². The molecule has 0 spiro atoms. The average molecular weight is 292 g/mol. The lowest BCUT2D eigenvalue weighted by Crippen LogP contribution is -2.23. The maximum Gasteiger partial charge on any atom is 0.338 e. The van der Waals surface area contributed by atoms with E-state index >= 15 is 0 Å². The van der Waals surface area contributed by atoms with Crippen molar-refractivity contribution in [2.45, 2.75) is 34.2 Å². The summed E-state index contributed by atoms with van der Waals surface area (Å²) in [5.41, 5.74) is 2.16. The molecule has 116 valence electrons. The Bertz CT molecular complexity index is 496. The maximum absolute atomic E-state index is 11.8. The zero-order valence-electron chi connectivity index (χ0n) is 13.2. The third kappa shape index (κ3) is 5.19. The Morgan fingerprint density at radius 2 is 1.86 bits per heavy atom. The Kier molecular flexibility index (Phi) is 6.88. The molecule has 0 heterocycles. The molecule has 0 bridgehead atoms. The van der Waals surface area contributed by atoms with Crippen LogP contribution in [-0.4, -0.2) is 36.5 Å². The number of esters is 1. The van der Waals surface area contributed by atoms with Gasteiger partial charge in [0.15, 0.2) is 0 Å². The van der Waals surface area contributed by atoms with Crippen molar-refractivity contribution in [2.75, 3.05) is 25.0 Å². The Morgan fingerprint density at radius 1 is 1.19 bits per heavy atom. The molecule has 5 nitrogen and oxygen atoms in total. The van der Waals surface area contributed by atoms with E-state index in [2.05, 4.69) is 24.1 Å². The smallest absolute Gasteiger partial charge is 0.338 e. The summed E-state index contributed by atoms with van der Waals surface area (Å²) in [6, 6.07) is 5.23. The van der Waals surface area contributed by atoms with Crippen molar-refractivity contribution < 1.29 is 14.3 Å². The van der Waals surface area contributed by atoms with E-state index in [1.165, 1.54) is 6.92 Å². The number of carbonyl (C=O) groups is 2. The molecule has 0 radical (unpaired) electrons. The van der Waals surface area contributed by atoms with Gasteiger partial charge in [-0.3, -0.25) is 9.69 Å². The number of nitrogens with zero attached hydrogens (tertiary/aromatic N) is 1. The molecule has 0 unspecified atom stereocenters. The van der Waals surface area contributed by atoms with Crippen molar-refractivity contribution in [3.8, 4) is 0 Å². The summed E-state index contributed by atoms with van der Waals surface area (Å²) >= 11 is 0. The number of hydrogen-bond donors (Lipinski definition) is 1. The van der Waals surface area contributed by atoms with Crippen LogP contribution in [0.1, 0.15) is 43.6 Å². The third-order valence-corrected chi connectivity index (χ3v) is 3.22. The van der Waals surface area contributed by atoms with Crippen LogP contribution in [0.3, 0.4) is 0 Å². The summed E-state index contributed by atoms with van der Waals surface area (Å²) in [6.07, 6.45) is 0. The summed E-state index contributed by atoms with van der Waals surface area (Å²) in [5, 5.41) is 2.81. The fourth-order valence-corrected chi connectivity index (χ4v) is 2.07. The standard InChI is InChI=1S/C16H24N2O3/c1-5-18(6-2)11-14-10-13(16(20)21-7-3)8-9-15(14)17-12(4)19/h8-10H,5-7,11H2,1-4H3,(H,17,19). The molecule has 1 N–H and O–H groups in total. The van der Waals surface area contributed by atoms with Gasteiger partial charge in [0.2, 0.25) is 5.91 Å². The van der Waals surface area contributed by atoms with Gasteiger partial charge in [0.05, 0.1) is 12.2 Å². The highest BCUT2D eigenvalue weighted by Gasteiger charge is 2.13. The van der Waals surface area contributed by atoms with E-state index < -0.39 is 0 Å². The molecule has 5 heteroatoms. The average Bonchev–Trinajstić information content (AvgIpc) is 2.45. The molecular formula is C16H24N2O3. The molecule has 0 fully saturated rings. The molecule has 21 heavy (non-hydrogen) atoms. The van der Waals surface area contributed by atoms with Crippen LogP contribution in [0.25, 0.3) is 0 Å². The van der Waals surface area contributed by atoms with Crippen molar-refractivity contribution >= 4 is 17.6 Å². The lowest BCUT2D eigenvalue weighted by molar-refractivity contribution is -0.114. The van der Waals surface area contributed by atoms with E-state index in [0.29, 0.717) is 18.7 Å². The van der Waals surface area contributed by atoms with E-state index in [1.54, 1.807) is 25.1 Å². The molecule has 0 atom stereocenters. The van der Waals surface area contributed by atoms with Gasteiger partial charge in [-0.1, -0.05) is 13.8 Å². The summed E-state index contributed by atoms with van der Waals surface area (Å²) in [7, 11) is 0. The molecular weight excluding hydrogens is 268 g/mol. The molecule has 0 aliphatic carbocycles. The highest BCUT2D eigenvalue weighted by atomic mass is 16.5. The first-order chi connectivity index (χ1) is 10.0. The van der Waals surface area contributed by atoms with Gasteiger partial charge in [0.25, 0.3) is 0 Å². The van der Waals surface area contributed by atoms with Crippen molar-refractivity contribution in [1.29, 1.82) is 0 Å². The van der Waals surface area contributed by atoms with Crippen LogP contribution in [0, 0.1) is 0 Å². The summed E-state index contributed by atoms with van der Waals surface area (Å²) < 4.78 is 5.02. The fraction of sp³-hybridized carbons (Fsp3) is 0.500. The van der Waals surface area contributed by atoms with Crippen LogP contribution in [0.2, 0.25) is 0 Å². The van der Waals surface area contributed by atoms with Crippen LogP contribution in [0.5, 0.6) is 0 Å². The highest BCUT2D eigenvalue weighted by Crippen LogP contribution is 2.20. The fourth-order valence-electron chi connectivity index (χ4n) is 2.07. The van der Waals surface area contributed by atoms with Crippen LogP contribution in [-0.2, 0) is 16.1 Å². The molecule has 1 aromatic rings. The first-order valence-corrected chi connectivity index (χ1v) is 7.31. The molecule has 1 amide bonds. The Hall–Kier alpha value is -1.88. The summed E-state index contributed by atoms with van der Waals surface area (Å²) in [5.74, 6) is -0.465. The van der Waals surface area contributed by atoms with Crippen LogP contribution < -0.4 is 5.32 Å². The van der Waals surface area contributed by atoms with Crippen molar-refractivity contribution in [3.05, 3.63) is 29.3 Å². The number of anilines is 1. The normalized spacial score (nSPS) is 10.5. The van der Waals surface area contributed by atoms with Gasteiger partial charge in [-0.25, -0.2) is 4.79 Å². The topological polar surface area (TPSA) is 58.6 Å². The monoisotopic (exact) mass is 292 g/mol. The van der Waals surface area contributed by atoms with E-state index in [-0.39, 0.29) is 11.9 Å². The van der Waals surface area contributed by atoms with Crippen LogP contribution in [0.4, 0.5) is 5.69 Å². The largest absolute Gasteiger partial charge is 0.462 e. The molecule has 0 saturated carbocycles. The zero-order chi connectivity index (χ0) is 15.8. The van der Waals surface area contributed by atoms with Gasteiger partial charge in [-0.2, -0.15) is 0 Å². The minimum atomic E-state index is -0.340. The summed E-state index contributed by atoms with van der Waals surface area (Å²) in [4.78, 5) is 25.3. The molecule has 0 aromatic heterocycles. The second-order valence-electron chi connectivity index (χ2n) is 4.73. The number of carbonyl (C=O) groups excluding carboxylic acids is 2. The Morgan fingerprint density at radius 3 is 2.38 bits per heavy atom. The minimum absolute atomic E-state index is 0.125. The predicted octanol–water partition coefficient (Wildman–Crippen LogP) is 2.66. The Labute approximate surface area is 126 Å². The van der Waals surface area contributed by atoms with E-state index in [0.717, 1.165) is 24.3 Å². The van der Waals surface area contributed by atoms with Crippen molar-refractivity contribution in [1.82, 2.24) is 4.90 Å². The SMILES string of the molecule is CCOC(=O)c1ccc(NC(C)=O)c(CN(CC)CC)c1. The quantitative estimate of drug-likeness (QED) is 0.785. The van der Waals surface area contributed by atoms with Gasteiger partial charge >= 0.3 is 5.97 Å². The second-order valence-corrected chi connectivity index (χ2v) is 4.73. The van der Waals surface area contributed by atoms with Gasteiger partial charge in [0, 0.05) is 19.2 Å². The molecule has 0 aliphatic heterocycles. The number of rotatable bonds is 7. The van der Waals surface area contributed by atoms with E-state index in [1.807, 2.05) is 0 Å². The highest BCUT2D eigenvalue weighted by molar-refractivity contribution is 5.93. The molecule has 0 saturated heterocycles. The number of amides is 1. The van der Waals surface area contributed by atoms with Crippen LogP contribution in [0.15, 0.2) is 18.2 Å². The third-order valence-electron chi connectivity index (χ3n) is 3.22. The lowest BCUT2D eigenvalue weighted by atomic mass is 10.1. The van der Waals surface area contributed by atoms with Crippen molar-refractivity contribution in [2.24, 2.45) is 0 Å².